The molecular weight excluding hydrogens is 1270 g/mol. The van der Waals surface area contributed by atoms with Crippen molar-refractivity contribution in [3.8, 4) is 22.6 Å². The zero-order valence-corrected chi connectivity index (χ0v) is 53.0. The molecule has 0 radical (unpaired) electrons. The van der Waals surface area contributed by atoms with Crippen molar-refractivity contribution >= 4 is 129 Å². The Bertz CT molecular complexity index is 3740. The smallest absolute Gasteiger partial charge is 0.264 e. The molecule has 0 aliphatic heterocycles. The zero-order chi connectivity index (χ0) is 56.8. The van der Waals surface area contributed by atoms with Crippen LogP contribution in [0, 0.1) is 0 Å². The summed E-state index contributed by atoms with van der Waals surface area (Å²) < 4.78 is 10.2. The van der Waals surface area contributed by atoms with E-state index in [9.17, 15) is 9.59 Å². The van der Waals surface area contributed by atoms with E-state index in [4.69, 9.17) is 39.7 Å². The number of para-hydroxylation sites is 2. The van der Waals surface area contributed by atoms with E-state index in [2.05, 4.69) is 83.1 Å². The molecule has 2 atom stereocenters. The van der Waals surface area contributed by atoms with E-state index in [1.54, 1.807) is 42.9 Å². The van der Waals surface area contributed by atoms with Crippen molar-refractivity contribution in [2.45, 2.75) is 106 Å². The molecule has 0 aliphatic carbocycles. The van der Waals surface area contributed by atoms with E-state index in [0.717, 1.165) is 44.8 Å². The number of aromatic nitrogens is 8. The van der Waals surface area contributed by atoms with Crippen LogP contribution in [0.5, 0.6) is 0 Å². The van der Waals surface area contributed by atoms with E-state index < -0.39 is 18.4 Å². The summed E-state index contributed by atoms with van der Waals surface area (Å²) in [5, 5.41) is 14.4. The number of thiazole rings is 2. The number of anilines is 4. The summed E-state index contributed by atoms with van der Waals surface area (Å²) in [6.45, 7) is 10.9. The number of nitrogens with two attached hydrogens (primary N) is 2. The summed E-state index contributed by atoms with van der Waals surface area (Å²) in [5.41, 5.74) is 19.6. The van der Waals surface area contributed by atoms with Crippen LogP contribution >= 0.6 is 61.8 Å². The second-order valence-corrected chi connectivity index (χ2v) is 35.6. The molecule has 14 nitrogen and oxygen atoms in total. The normalized spacial score (nSPS) is 11.9. The fraction of sp³-hybridized carbons (Fsp3) is 0.279. The second-order valence-electron chi connectivity index (χ2n) is 19.5. The molecule has 6 N–H and O–H groups in total. The van der Waals surface area contributed by atoms with Crippen LogP contribution in [0.3, 0.4) is 0 Å². The van der Waals surface area contributed by atoms with Gasteiger partial charge in [0.05, 0.1) is 54.1 Å². The molecule has 422 valence electrons. The standard InChI is InChI=1S/C24H19ClN6OS.C21H17BrClN5O.3C4H9.C3H2NS.CH4.Sn/c1-14(29-22-17(11-27-24(26)30-22)19-12-33-13-28-19)20-10-15-6-5-9-18(25)21(15)23(32)31(20)16-7-3-2-4-8-16;1-12(26-19-15(22)11-25-21(24)27-19)17-10-13-6-5-9-16(23)18(13)20(29)28(17)14-7-3-2-4-8-14;3*1-3-4-2;1-2-5-3-4-1;;/h2-14H,1H3,(H3,26,27,29,30);2-12H,1H3,(H3,24,25,26,27);3*1,3-4H2,2H3;2-3H;1H4;/t14-;12-;;;;;;/m00....../s1. The largest absolute Gasteiger partial charge is 0.368 e. The van der Waals surface area contributed by atoms with Gasteiger partial charge >= 0.3 is 122 Å². The Morgan fingerprint density at radius 1 is 0.605 bits per heavy atom. The summed E-state index contributed by atoms with van der Waals surface area (Å²) >= 11 is 17.4. The van der Waals surface area contributed by atoms with Gasteiger partial charge in [0.1, 0.15) is 11.6 Å². The first-order valence-corrected chi connectivity index (χ1v) is 37.7. The van der Waals surface area contributed by atoms with Gasteiger partial charge in [0, 0.05) is 40.5 Å². The van der Waals surface area contributed by atoms with Crippen molar-refractivity contribution in [3.05, 3.63) is 190 Å². The maximum Gasteiger partial charge on any atom is 0.264 e. The van der Waals surface area contributed by atoms with Crippen molar-refractivity contribution in [1.82, 2.24) is 39.0 Å². The van der Waals surface area contributed by atoms with Gasteiger partial charge in [0.15, 0.2) is 0 Å². The molecule has 20 heteroatoms. The number of nitrogen functional groups attached to an aromatic ring is 2. The minimum atomic E-state index is -2.13. The van der Waals surface area contributed by atoms with Crippen molar-refractivity contribution in [1.29, 1.82) is 0 Å². The third-order valence-electron chi connectivity index (χ3n) is 14.0. The number of halogens is 3. The van der Waals surface area contributed by atoms with E-state index in [1.807, 2.05) is 128 Å². The Morgan fingerprint density at radius 3 is 1.52 bits per heavy atom. The minimum Gasteiger partial charge on any atom is -0.368 e. The number of fused-ring (bicyclic) bond motifs is 2. The number of unbranched alkanes of at least 4 members (excludes halogenated alkanes) is 3. The number of hydrogen-bond acceptors (Lipinski definition) is 14. The molecule has 10 rings (SSSR count). The average Bonchev–Trinajstić information content (AvgIpc) is 4.29. The quantitative estimate of drug-likeness (QED) is 0.0560. The number of benzene rings is 4. The molecule has 0 spiro atoms. The van der Waals surface area contributed by atoms with Gasteiger partial charge < -0.3 is 22.1 Å². The third-order valence-corrected chi connectivity index (χ3v) is 32.0. The van der Waals surface area contributed by atoms with E-state index in [1.165, 1.54) is 63.2 Å². The van der Waals surface area contributed by atoms with Gasteiger partial charge in [0.25, 0.3) is 11.1 Å². The first-order valence-electron chi connectivity index (χ1n) is 26.8. The zero-order valence-electron chi connectivity index (χ0n) is 45.4. The topological polar surface area (TPSA) is 197 Å². The van der Waals surface area contributed by atoms with Crippen LogP contribution in [-0.4, -0.2) is 57.4 Å². The first-order chi connectivity index (χ1) is 38.8. The molecule has 0 aliphatic rings. The average molecular weight is 1340 g/mol. The maximum absolute atomic E-state index is 13.6. The molecule has 6 aromatic heterocycles. The monoisotopic (exact) mass is 1330 g/mol. The number of pyridine rings is 2. The number of hydrogen-bond donors (Lipinski definition) is 4. The van der Waals surface area contributed by atoms with Crippen molar-refractivity contribution in [3.63, 3.8) is 0 Å². The van der Waals surface area contributed by atoms with Crippen molar-refractivity contribution < 1.29 is 0 Å². The first kappa shape index (κ1) is 62.4. The molecule has 0 saturated heterocycles. The van der Waals surface area contributed by atoms with Gasteiger partial charge in [-0.1, -0.05) is 91.3 Å². The molecule has 0 bridgehead atoms. The molecule has 81 heavy (non-hydrogen) atoms. The maximum atomic E-state index is 13.6. The Labute approximate surface area is 504 Å². The van der Waals surface area contributed by atoms with Crippen molar-refractivity contribution in [2.24, 2.45) is 0 Å². The predicted octanol–water partition coefficient (Wildman–Crippen LogP) is 16.1. The van der Waals surface area contributed by atoms with E-state index >= 15 is 0 Å². The van der Waals surface area contributed by atoms with E-state index in [-0.39, 0.29) is 42.5 Å². The Kier molecular flexibility index (Phi) is 22.8. The summed E-state index contributed by atoms with van der Waals surface area (Å²) in [5.74, 6) is 1.39. The van der Waals surface area contributed by atoms with Gasteiger partial charge in [0.2, 0.25) is 11.9 Å². The summed E-state index contributed by atoms with van der Waals surface area (Å²) in [7, 11) is 0. The number of nitrogens with zero attached hydrogens (tertiary/aromatic N) is 8. The summed E-state index contributed by atoms with van der Waals surface area (Å²) in [6.07, 6.45) is 11.6. The summed E-state index contributed by atoms with van der Waals surface area (Å²) in [4.78, 5) is 52.9. The molecule has 6 heterocycles. The molecule has 10 aromatic rings. The Balaban J connectivity index is 0.000000182. The molecule has 0 amide bonds. The molecule has 4 aromatic carbocycles. The summed E-state index contributed by atoms with van der Waals surface area (Å²) in [6, 6.07) is 33.2. The molecule has 0 fully saturated rings. The van der Waals surface area contributed by atoms with Crippen LogP contribution in [0.2, 0.25) is 23.4 Å². The van der Waals surface area contributed by atoms with Gasteiger partial charge in [-0.25, -0.2) is 15.0 Å². The fourth-order valence-corrected chi connectivity index (χ4v) is 29.0. The third kappa shape index (κ3) is 15.1. The SMILES string of the molecule is C.CCC[CH2][Sn]([CH2]CCC)([CH2]CCC)[c]1cscn1.C[C@H](Nc1nc(N)ncc1-c1cscn1)c1cc2cccc(Cl)c2c(=O)n1-c1ccccc1.C[C@H](Nc1nc(N)ncc1Br)c1cc2cccc(Cl)c2c(=O)n1-c1ccccc1. The van der Waals surface area contributed by atoms with Crippen LogP contribution in [0.1, 0.15) is 104 Å². The number of nitrogens with one attached hydrogen (secondary N) is 2. The molecule has 0 unspecified atom stereocenters. The van der Waals surface area contributed by atoms with Crippen LogP contribution in [0.4, 0.5) is 23.5 Å². The van der Waals surface area contributed by atoms with Crippen LogP contribution in [0.15, 0.2) is 157 Å². The van der Waals surface area contributed by atoms with Crippen LogP contribution in [-0.2, 0) is 0 Å². The van der Waals surface area contributed by atoms with Gasteiger partial charge in [-0.05, 0) is 89.1 Å². The van der Waals surface area contributed by atoms with Crippen LogP contribution in [0.25, 0.3) is 44.2 Å². The Hall–Kier alpha value is -6.22. The fourth-order valence-electron chi connectivity index (χ4n) is 9.86. The second kappa shape index (κ2) is 29.7. The molecular formula is C61H69BrCl2N12O2S2Sn. The van der Waals surface area contributed by atoms with E-state index in [0.29, 0.717) is 36.9 Å². The molecule has 0 saturated carbocycles. The van der Waals surface area contributed by atoms with Crippen LogP contribution < -0.4 is 36.9 Å². The Morgan fingerprint density at radius 2 is 1.06 bits per heavy atom. The van der Waals surface area contributed by atoms with Gasteiger partial charge in [-0.3, -0.25) is 18.7 Å². The predicted molar refractivity (Wildman–Crippen MR) is 348 cm³/mol. The van der Waals surface area contributed by atoms with Gasteiger partial charge in [-0.15, -0.1) is 11.3 Å². The number of rotatable bonds is 19. The van der Waals surface area contributed by atoms with Gasteiger partial charge in [-0.2, -0.15) is 9.97 Å². The minimum absolute atomic E-state index is 0. The van der Waals surface area contributed by atoms with Crippen molar-refractivity contribution in [2.75, 3.05) is 22.1 Å².